The molecule has 4 rings (SSSR count). The Morgan fingerprint density at radius 2 is 2.00 bits per heavy atom. The Bertz CT molecular complexity index is 1340. The molecular formula is C22H23F2N4O9P. The normalized spacial score (nSPS) is 24.7. The molecule has 0 spiro atoms. The van der Waals surface area contributed by atoms with Crippen LogP contribution in [0.2, 0.25) is 0 Å². The second kappa shape index (κ2) is 10.8. The van der Waals surface area contributed by atoms with E-state index in [4.69, 9.17) is 23.3 Å². The number of rotatable bonds is 9. The first-order chi connectivity index (χ1) is 18.0. The molecule has 2 aliphatic rings. The number of aromatic nitrogens is 2. The van der Waals surface area contributed by atoms with Gasteiger partial charge in [0.25, 0.3) is 0 Å². The maximum absolute atomic E-state index is 15.4. The number of nitrogens with zero attached hydrogens (tertiary/aromatic N) is 2. The lowest BCUT2D eigenvalue weighted by molar-refractivity contribution is -0.173. The van der Waals surface area contributed by atoms with Gasteiger partial charge in [-0.2, -0.15) is 18.9 Å². The SMILES string of the molecule is CNc1ccn([C@@H]2O/C(=C/O[P@@](=O)(N[C@H]3CCOC3=O)Oc3ccccc3)[C@@H](OC(C)=O)C2(F)F)c(=O)n1. The number of anilines is 1. The predicted octanol–water partition coefficient (Wildman–Crippen LogP) is 2.33. The van der Waals surface area contributed by atoms with Gasteiger partial charge in [0.2, 0.25) is 12.3 Å². The van der Waals surface area contributed by atoms with Crippen LogP contribution in [0.1, 0.15) is 19.6 Å². The van der Waals surface area contributed by atoms with E-state index in [1.165, 1.54) is 25.2 Å². The molecule has 2 fully saturated rings. The van der Waals surface area contributed by atoms with E-state index in [9.17, 15) is 18.9 Å². The number of ether oxygens (including phenoxy) is 3. The van der Waals surface area contributed by atoms with Crippen molar-refractivity contribution in [2.24, 2.45) is 0 Å². The number of carbonyl (C=O) groups is 2. The van der Waals surface area contributed by atoms with Crippen LogP contribution in [0.3, 0.4) is 0 Å². The van der Waals surface area contributed by atoms with Gasteiger partial charge in [0.1, 0.15) is 23.9 Å². The van der Waals surface area contributed by atoms with E-state index in [1.54, 1.807) is 18.2 Å². The van der Waals surface area contributed by atoms with Crippen LogP contribution in [0.5, 0.6) is 5.75 Å². The van der Waals surface area contributed by atoms with Crippen LogP contribution in [-0.2, 0) is 32.9 Å². The first-order valence-electron chi connectivity index (χ1n) is 11.2. The molecule has 204 valence electrons. The third-order valence-corrected chi connectivity index (χ3v) is 6.80. The standard InChI is InChI=1S/C22H23F2N4O9P/c1-13(29)35-18-16(36-20(22(18,23)24)28-10-8-17(25-2)26-21(28)31)12-34-38(32,27-15-9-11-33-19(15)30)37-14-6-4-3-5-7-14/h3-8,10,12,15,18,20H,9,11H2,1-2H3,(H,27,32)(H,25,26,31)/b16-12+/t15-,18+,20+,38-/m0/s1. The Kier molecular flexibility index (Phi) is 7.69. The van der Waals surface area contributed by atoms with Gasteiger partial charge in [0.15, 0.2) is 5.76 Å². The molecule has 3 heterocycles. The molecule has 16 heteroatoms. The number of benzene rings is 1. The Balaban J connectivity index is 1.67. The highest BCUT2D eigenvalue weighted by Gasteiger charge is 2.61. The van der Waals surface area contributed by atoms with Gasteiger partial charge in [-0.3, -0.25) is 14.2 Å². The third-order valence-electron chi connectivity index (χ3n) is 5.33. The van der Waals surface area contributed by atoms with Crippen LogP contribution >= 0.6 is 7.75 Å². The summed E-state index contributed by atoms with van der Waals surface area (Å²) in [4.78, 5) is 39.6. The molecule has 0 unspecified atom stereocenters. The van der Waals surface area contributed by atoms with Crippen molar-refractivity contribution in [1.29, 1.82) is 0 Å². The van der Waals surface area contributed by atoms with E-state index in [1.807, 2.05) is 0 Å². The van der Waals surface area contributed by atoms with Gasteiger partial charge in [-0.05, 0) is 18.2 Å². The molecule has 1 aromatic heterocycles. The quantitative estimate of drug-likeness (QED) is 0.264. The highest BCUT2D eigenvalue weighted by atomic mass is 31.2. The number of cyclic esters (lactones) is 1. The third kappa shape index (κ3) is 5.78. The van der Waals surface area contributed by atoms with Gasteiger partial charge in [0.05, 0.1) is 6.61 Å². The average molecular weight is 556 g/mol. The van der Waals surface area contributed by atoms with Crippen LogP contribution in [-0.4, -0.2) is 53.2 Å². The Morgan fingerprint density at radius 3 is 2.61 bits per heavy atom. The maximum atomic E-state index is 15.4. The van der Waals surface area contributed by atoms with Gasteiger partial charge < -0.3 is 28.6 Å². The molecule has 38 heavy (non-hydrogen) atoms. The van der Waals surface area contributed by atoms with Gasteiger partial charge in [-0.15, -0.1) is 0 Å². The van der Waals surface area contributed by atoms with Crippen molar-refractivity contribution in [3.05, 3.63) is 65.1 Å². The molecule has 0 bridgehead atoms. The van der Waals surface area contributed by atoms with Crippen LogP contribution in [0, 0.1) is 0 Å². The second-order valence-electron chi connectivity index (χ2n) is 8.05. The number of hydrogen-bond donors (Lipinski definition) is 2. The monoisotopic (exact) mass is 556 g/mol. The number of nitrogens with one attached hydrogen (secondary N) is 2. The highest BCUT2D eigenvalue weighted by Crippen LogP contribution is 2.49. The molecule has 2 aliphatic heterocycles. The second-order valence-corrected chi connectivity index (χ2v) is 9.70. The van der Waals surface area contributed by atoms with Crippen LogP contribution in [0.15, 0.2) is 59.4 Å². The molecule has 4 atom stereocenters. The lowest BCUT2D eigenvalue weighted by Crippen LogP contribution is -2.41. The summed E-state index contributed by atoms with van der Waals surface area (Å²) in [5.74, 6) is -6.36. The van der Waals surface area contributed by atoms with E-state index in [0.717, 1.165) is 13.1 Å². The zero-order valence-corrected chi connectivity index (χ0v) is 20.9. The fraction of sp³-hybridized carbons (Fsp3) is 0.364. The van der Waals surface area contributed by atoms with E-state index >= 15 is 8.78 Å². The first-order valence-corrected chi connectivity index (χ1v) is 12.7. The first kappa shape index (κ1) is 27.1. The van der Waals surface area contributed by atoms with Crippen molar-refractivity contribution >= 4 is 25.5 Å². The number of esters is 2. The van der Waals surface area contributed by atoms with Crippen molar-refractivity contribution in [2.45, 2.75) is 37.6 Å². The molecule has 13 nitrogen and oxygen atoms in total. The average Bonchev–Trinajstić information content (AvgIpc) is 3.37. The smallest absolute Gasteiger partial charge is 0.464 e. The minimum atomic E-state index is -4.48. The zero-order chi connectivity index (χ0) is 27.5. The number of alkyl halides is 2. The lowest BCUT2D eigenvalue weighted by atomic mass is 10.2. The zero-order valence-electron chi connectivity index (χ0n) is 20.0. The van der Waals surface area contributed by atoms with Crippen molar-refractivity contribution in [3.63, 3.8) is 0 Å². The van der Waals surface area contributed by atoms with Crippen molar-refractivity contribution < 1.29 is 46.2 Å². The number of halogens is 2. The van der Waals surface area contributed by atoms with Gasteiger partial charge in [-0.25, -0.2) is 9.36 Å². The molecule has 1 aromatic carbocycles. The van der Waals surface area contributed by atoms with Gasteiger partial charge in [-0.1, -0.05) is 18.2 Å². The molecule has 0 radical (unpaired) electrons. The molecule has 0 saturated carbocycles. The number of carbonyl (C=O) groups excluding carboxylic acids is 2. The van der Waals surface area contributed by atoms with Crippen LogP contribution in [0.4, 0.5) is 14.6 Å². The fourth-order valence-electron chi connectivity index (χ4n) is 3.58. The number of hydrogen-bond acceptors (Lipinski definition) is 11. The summed E-state index contributed by atoms with van der Waals surface area (Å²) in [6.45, 7) is 0.956. The van der Waals surface area contributed by atoms with Gasteiger partial charge >= 0.3 is 31.3 Å². The summed E-state index contributed by atoms with van der Waals surface area (Å²) in [6.07, 6.45) is -2.96. The largest absolute Gasteiger partial charge is 0.513 e. The predicted molar refractivity (Wildman–Crippen MR) is 125 cm³/mol. The van der Waals surface area contributed by atoms with E-state index in [-0.39, 0.29) is 24.6 Å². The van der Waals surface area contributed by atoms with Gasteiger partial charge in [0, 0.05) is 26.6 Å². The number of para-hydroxylation sites is 1. The molecule has 2 aromatic rings. The molecule has 0 aliphatic carbocycles. The summed E-state index contributed by atoms with van der Waals surface area (Å²) < 4.78 is 70.5. The van der Waals surface area contributed by atoms with Crippen LogP contribution < -0.4 is 20.6 Å². The molecule has 0 amide bonds. The summed E-state index contributed by atoms with van der Waals surface area (Å²) in [5, 5.41) is 5.03. The van der Waals surface area contributed by atoms with Crippen molar-refractivity contribution in [2.75, 3.05) is 19.0 Å². The Labute approximate surface area is 214 Å². The Hall–Kier alpha value is -3.97. The summed E-state index contributed by atoms with van der Waals surface area (Å²) >= 11 is 0. The minimum Gasteiger partial charge on any atom is -0.464 e. The molecule has 2 saturated heterocycles. The lowest BCUT2D eigenvalue weighted by Gasteiger charge is -2.22. The maximum Gasteiger partial charge on any atom is 0.513 e. The fourth-order valence-corrected chi connectivity index (χ4v) is 4.99. The van der Waals surface area contributed by atoms with E-state index in [0.29, 0.717) is 10.8 Å². The highest BCUT2D eigenvalue weighted by molar-refractivity contribution is 7.52. The van der Waals surface area contributed by atoms with E-state index in [2.05, 4.69) is 15.4 Å². The Morgan fingerprint density at radius 1 is 1.26 bits per heavy atom. The minimum absolute atomic E-state index is 0.0591. The van der Waals surface area contributed by atoms with E-state index < -0.39 is 55.4 Å². The summed E-state index contributed by atoms with van der Waals surface area (Å²) in [7, 11) is -2.99. The molecular weight excluding hydrogens is 533 g/mol. The van der Waals surface area contributed by atoms with Crippen LogP contribution in [0.25, 0.3) is 0 Å². The summed E-state index contributed by atoms with van der Waals surface area (Å²) in [6, 6.07) is 7.91. The topological polar surface area (TPSA) is 156 Å². The van der Waals surface area contributed by atoms with Crippen molar-refractivity contribution in [1.82, 2.24) is 14.6 Å². The summed E-state index contributed by atoms with van der Waals surface area (Å²) in [5.41, 5.74) is -1.08. The van der Waals surface area contributed by atoms with Crippen molar-refractivity contribution in [3.8, 4) is 5.75 Å². The molecule has 2 N–H and O–H groups in total.